The van der Waals surface area contributed by atoms with Crippen molar-refractivity contribution < 1.29 is 14.1 Å². The number of hydrogen-bond acceptors (Lipinski definition) is 2. The van der Waals surface area contributed by atoms with Crippen molar-refractivity contribution in [1.82, 2.24) is 4.57 Å². The second kappa shape index (κ2) is 12.2. The quantitative estimate of drug-likeness (QED) is 0.189. The third-order valence-corrected chi connectivity index (χ3v) is 6.09. The van der Waals surface area contributed by atoms with Gasteiger partial charge in [-0.05, 0) is 44.5 Å². The molecule has 3 rings (SSSR count). The van der Waals surface area contributed by atoms with Gasteiger partial charge >= 0.3 is 0 Å². The maximum absolute atomic E-state index is 12.7. The van der Waals surface area contributed by atoms with E-state index in [0.717, 1.165) is 12.0 Å². The Morgan fingerprint density at radius 1 is 1.18 bits per heavy atom. The highest BCUT2D eigenvalue weighted by Crippen LogP contribution is 2.29. The van der Waals surface area contributed by atoms with Gasteiger partial charge in [0.1, 0.15) is 25.0 Å². The van der Waals surface area contributed by atoms with Gasteiger partial charge in [0.2, 0.25) is 6.33 Å². The number of nitrogens with one attached hydrogen (secondary N) is 1. The summed E-state index contributed by atoms with van der Waals surface area (Å²) in [5, 5.41) is 4.51. The molecule has 0 radical (unpaired) electrons. The highest BCUT2D eigenvalue weighted by molar-refractivity contribution is 6.35. The van der Waals surface area contributed by atoms with E-state index in [9.17, 15) is 4.79 Å². The molecule has 0 aliphatic rings. The first-order chi connectivity index (χ1) is 15.9. The number of anilines is 1. The van der Waals surface area contributed by atoms with Crippen LogP contribution in [0.2, 0.25) is 15.1 Å². The van der Waals surface area contributed by atoms with Gasteiger partial charge in [-0.1, -0.05) is 65.2 Å². The summed E-state index contributed by atoms with van der Waals surface area (Å²) >= 11 is 18.7. The Morgan fingerprint density at radius 3 is 2.70 bits per heavy atom. The summed E-state index contributed by atoms with van der Waals surface area (Å²) in [7, 11) is 0. The van der Waals surface area contributed by atoms with Crippen LogP contribution in [0.15, 0.2) is 73.3 Å². The number of benzene rings is 2. The molecule has 0 saturated heterocycles. The first-order valence-corrected chi connectivity index (χ1v) is 11.8. The summed E-state index contributed by atoms with van der Waals surface area (Å²) in [5.41, 5.74) is 1.45. The van der Waals surface area contributed by atoms with E-state index < -0.39 is 6.04 Å². The van der Waals surface area contributed by atoms with Gasteiger partial charge in [-0.3, -0.25) is 4.79 Å². The molecule has 33 heavy (non-hydrogen) atoms. The van der Waals surface area contributed by atoms with Crippen molar-refractivity contribution in [3.8, 4) is 0 Å². The Bertz CT molecular complexity index is 1110. The summed E-state index contributed by atoms with van der Waals surface area (Å²) in [6, 6.07) is 12.1. The second-order valence-electron chi connectivity index (χ2n) is 7.59. The minimum Gasteiger partial charge on any atom is -0.369 e. The highest BCUT2D eigenvalue weighted by Gasteiger charge is 2.23. The van der Waals surface area contributed by atoms with E-state index in [2.05, 4.69) is 11.4 Å². The molecular formula is C25H27Cl3N3O2+. The molecule has 0 fully saturated rings. The van der Waals surface area contributed by atoms with Crippen molar-refractivity contribution >= 4 is 46.4 Å². The van der Waals surface area contributed by atoms with Crippen LogP contribution in [0.1, 0.15) is 38.0 Å². The lowest BCUT2D eigenvalue weighted by Crippen LogP contribution is -2.36. The van der Waals surface area contributed by atoms with Crippen LogP contribution >= 0.6 is 34.8 Å². The first-order valence-electron chi connectivity index (χ1n) is 10.7. The standard InChI is InChI=1S/C25H26Cl3N3O2/c1-3-4-7-14-33-24(20-11-10-19(26)15-22(20)28)16-30-12-13-31(17-30)18(2)25(32)29-23-9-6-5-8-21(23)27/h3-6,8-13,15,17-18,24H,7,14,16H2,1-2H3/p+1/b4-3+. The van der Waals surface area contributed by atoms with Crippen molar-refractivity contribution in [1.29, 1.82) is 0 Å². The molecule has 3 aromatic rings. The van der Waals surface area contributed by atoms with Gasteiger partial charge in [0.15, 0.2) is 6.04 Å². The molecule has 0 aliphatic heterocycles. The number of hydrogen-bond donors (Lipinski definition) is 1. The largest absolute Gasteiger partial charge is 0.369 e. The zero-order chi connectivity index (χ0) is 23.8. The average molecular weight is 508 g/mol. The molecule has 2 unspecified atom stereocenters. The van der Waals surface area contributed by atoms with E-state index in [-0.39, 0.29) is 12.0 Å². The predicted octanol–water partition coefficient (Wildman–Crippen LogP) is 6.66. The van der Waals surface area contributed by atoms with Crippen LogP contribution in [0.3, 0.4) is 0 Å². The fourth-order valence-corrected chi connectivity index (χ4v) is 4.04. The molecule has 0 aliphatic carbocycles. The van der Waals surface area contributed by atoms with E-state index in [4.69, 9.17) is 39.5 Å². The number of rotatable bonds is 10. The number of nitrogens with zero attached hydrogens (tertiary/aromatic N) is 2. The normalized spacial score (nSPS) is 13.2. The van der Waals surface area contributed by atoms with Crippen LogP contribution in [0.5, 0.6) is 0 Å². The van der Waals surface area contributed by atoms with E-state index in [1.807, 2.05) is 72.0 Å². The van der Waals surface area contributed by atoms with Crippen molar-refractivity contribution in [2.24, 2.45) is 0 Å². The van der Waals surface area contributed by atoms with Crippen molar-refractivity contribution in [2.75, 3.05) is 11.9 Å². The smallest absolute Gasteiger partial charge is 0.269 e. The van der Waals surface area contributed by atoms with Crippen LogP contribution < -0.4 is 9.88 Å². The second-order valence-corrected chi connectivity index (χ2v) is 8.84. The summed E-state index contributed by atoms with van der Waals surface area (Å²) < 4.78 is 9.98. The average Bonchev–Trinajstić information content (AvgIpc) is 3.25. The minimum atomic E-state index is -0.435. The SMILES string of the molecule is C/C=C/CCOC(C[n+]1ccn(C(C)C(=O)Nc2ccccc2Cl)c1)c1ccc(Cl)cc1Cl. The van der Waals surface area contributed by atoms with Gasteiger partial charge in [-0.2, -0.15) is 0 Å². The third kappa shape index (κ3) is 7.08. The number of carbonyl (C=O) groups excluding carboxylic acids is 1. The van der Waals surface area contributed by atoms with Crippen LogP contribution in [0.4, 0.5) is 5.69 Å². The number of aromatic nitrogens is 2. The zero-order valence-corrected chi connectivity index (χ0v) is 20.8. The Morgan fingerprint density at radius 2 is 1.97 bits per heavy atom. The summed E-state index contributed by atoms with van der Waals surface area (Å²) in [6.45, 7) is 4.90. The lowest BCUT2D eigenvalue weighted by molar-refractivity contribution is -0.704. The fraction of sp³-hybridized carbons (Fsp3) is 0.280. The molecule has 2 aromatic carbocycles. The van der Waals surface area contributed by atoms with Crippen molar-refractivity contribution in [3.05, 3.63) is 94.0 Å². The number of imidazole rings is 1. The zero-order valence-electron chi connectivity index (χ0n) is 18.5. The molecule has 8 heteroatoms. The molecule has 1 N–H and O–H groups in total. The molecule has 0 spiro atoms. The number of amides is 1. The summed E-state index contributed by atoms with van der Waals surface area (Å²) in [6.07, 6.45) is 10.2. The van der Waals surface area contributed by atoms with E-state index in [1.54, 1.807) is 18.2 Å². The van der Waals surface area contributed by atoms with Gasteiger partial charge in [-0.15, -0.1) is 0 Å². The highest BCUT2D eigenvalue weighted by atomic mass is 35.5. The summed E-state index contributed by atoms with van der Waals surface area (Å²) in [5.74, 6) is -0.161. The fourth-order valence-electron chi connectivity index (χ4n) is 3.32. The van der Waals surface area contributed by atoms with Crippen molar-refractivity contribution in [2.45, 2.75) is 39.0 Å². The monoisotopic (exact) mass is 506 g/mol. The van der Waals surface area contributed by atoms with Gasteiger partial charge in [0, 0.05) is 15.6 Å². The van der Waals surface area contributed by atoms with Crippen LogP contribution in [0.25, 0.3) is 0 Å². The molecular weight excluding hydrogens is 481 g/mol. The molecule has 1 heterocycles. The Hall–Kier alpha value is -2.31. The molecule has 174 valence electrons. The van der Waals surface area contributed by atoms with Gasteiger partial charge in [0.25, 0.3) is 5.91 Å². The molecule has 5 nitrogen and oxygen atoms in total. The maximum atomic E-state index is 12.7. The van der Waals surface area contributed by atoms with Gasteiger partial charge < -0.3 is 10.1 Å². The third-order valence-electron chi connectivity index (χ3n) is 5.20. The number of halogens is 3. The molecule has 0 saturated carbocycles. The molecule has 1 amide bonds. The lowest BCUT2D eigenvalue weighted by atomic mass is 10.1. The number of allylic oxidation sites excluding steroid dienone is 1. The van der Waals surface area contributed by atoms with E-state index in [1.165, 1.54) is 0 Å². The minimum absolute atomic E-state index is 0.161. The maximum Gasteiger partial charge on any atom is 0.269 e. The number of para-hydroxylation sites is 1. The van der Waals surface area contributed by atoms with Crippen molar-refractivity contribution in [3.63, 3.8) is 0 Å². The molecule has 1 aromatic heterocycles. The van der Waals surface area contributed by atoms with Gasteiger partial charge in [-0.25, -0.2) is 9.13 Å². The van der Waals surface area contributed by atoms with Crippen LogP contribution in [0, 0.1) is 0 Å². The Balaban J connectivity index is 1.72. The van der Waals surface area contributed by atoms with Gasteiger partial charge in [0.05, 0.1) is 17.3 Å². The Kier molecular flexibility index (Phi) is 9.39. The molecule has 0 bridgehead atoms. The van der Waals surface area contributed by atoms with Crippen LogP contribution in [-0.2, 0) is 16.1 Å². The number of carbonyl (C=O) groups is 1. The first kappa shape index (κ1) is 25.3. The van der Waals surface area contributed by atoms with E-state index in [0.29, 0.717) is 33.9 Å². The number of ether oxygens (including phenoxy) is 1. The summed E-state index contributed by atoms with van der Waals surface area (Å²) in [4.78, 5) is 12.7. The molecule has 2 atom stereocenters. The topological polar surface area (TPSA) is 47.1 Å². The van der Waals surface area contributed by atoms with Crippen LogP contribution in [-0.4, -0.2) is 17.1 Å². The lowest BCUT2D eigenvalue weighted by Gasteiger charge is -2.18. The predicted molar refractivity (Wildman–Crippen MR) is 134 cm³/mol. The Labute approximate surface area is 209 Å². The van der Waals surface area contributed by atoms with E-state index >= 15 is 0 Å².